The summed E-state index contributed by atoms with van der Waals surface area (Å²) < 4.78 is 26.7. The van der Waals surface area contributed by atoms with Gasteiger partial charge in [-0.25, -0.2) is 13.4 Å². The third-order valence-corrected chi connectivity index (χ3v) is 7.05. The Morgan fingerprint density at radius 2 is 2.00 bits per heavy atom. The summed E-state index contributed by atoms with van der Waals surface area (Å²) >= 11 is 8.51. The molecule has 96 valence electrons. The maximum atomic E-state index is 12.3. The van der Waals surface area contributed by atoms with Crippen molar-refractivity contribution < 1.29 is 8.42 Å². The van der Waals surface area contributed by atoms with Gasteiger partial charge in [-0.1, -0.05) is 36.8 Å². The molecule has 2 heterocycles. The summed E-state index contributed by atoms with van der Waals surface area (Å²) in [7, 11) is -3.42. The Morgan fingerprint density at radius 3 is 2.47 bits per heavy atom. The Bertz CT molecular complexity index is 492. The summed E-state index contributed by atoms with van der Waals surface area (Å²) in [5.74, 6) is 0. The molecule has 0 radical (unpaired) electrons. The quantitative estimate of drug-likeness (QED) is 0.841. The Balaban J connectivity index is 2.26. The van der Waals surface area contributed by atoms with Crippen LogP contribution in [0.15, 0.2) is 10.4 Å². The fourth-order valence-electron chi connectivity index (χ4n) is 1.81. The van der Waals surface area contributed by atoms with Crippen LogP contribution in [-0.4, -0.2) is 41.3 Å². The van der Waals surface area contributed by atoms with Crippen molar-refractivity contribution in [2.24, 2.45) is 0 Å². The Kier molecular flexibility index (Phi) is 4.04. The first-order valence-corrected chi connectivity index (χ1v) is 8.74. The van der Waals surface area contributed by atoms with Crippen LogP contribution in [0.2, 0.25) is 4.47 Å². The number of thioether (sulfide) groups is 1. The molecule has 0 spiro atoms. The third-order valence-electron chi connectivity index (χ3n) is 2.44. The number of hydrogen-bond acceptors (Lipinski definition) is 5. The number of nitrogens with zero attached hydrogens (tertiary/aromatic N) is 2. The van der Waals surface area contributed by atoms with E-state index in [1.165, 1.54) is 10.5 Å². The monoisotopic (exact) mass is 312 g/mol. The lowest BCUT2D eigenvalue weighted by Crippen LogP contribution is -2.43. The Hall–Kier alpha value is 0.180. The molecule has 4 nitrogen and oxygen atoms in total. The average molecular weight is 313 g/mol. The van der Waals surface area contributed by atoms with Crippen molar-refractivity contribution >= 4 is 44.7 Å². The SMILES string of the molecule is CC1CN(S(=O)(=O)c2cnc(Cl)s2)CC(C)S1. The molecule has 1 aromatic heterocycles. The van der Waals surface area contributed by atoms with E-state index in [-0.39, 0.29) is 8.68 Å². The van der Waals surface area contributed by atoms with E-state index in [2.05, 4.69) is 4.98 Å². The summed E-state index contributed by atoms with van der Waals surface area (Å²) in [6, 6.07) is 0. The predicted molar refractivity (Wildman–Crippen MR) is 72.4 cm³/mol. The van der Waals surface area contributed by atoms with Gasteiger partial charge in [0.25, 0.3) is 10.0 Å². The van der Waals surface area contributed by atoms with Gasteiger partial charge in [0, 0.05) is 23.6 Å². The fourth-order valence-corrected chi connectivity index (χ4v) is 6.39. The van der Waals surface area contributed by atoms with E-state index in [0.717, 1.165) is 11.3 Å². The van der Waals surface area contributed by atoms with Gasteiger partial charge >= 0.3 is 0 Å². The fraction of sp³-hybridized carbons (Fsp3) is 0.667. The highest BCUT2D eigenvalue weighted by Gasteiger charge is 2.33. The molecule has 2 unspecified atom stereocenters. The summed E-state index contributed by atoms with van der Waals surface area (Å²) in [4.78, 5) is 3.79. The molecule has 0 amide bonds. The van der Waals surface area contributed by atoms with E-state index in [1.807, 2.05) is 25.6 Å². The number of halogens is 1. The highest BCUT2D eigenvalue weighted by Crippen LogP contribution is 2.31. The summed E-state index contributed by atoms with van der Waals surface area (Å²) in [5, 5.41) is 0.633. The minimum Gasteiger partial charge on any atom is -0.232 e. The highest BCUT2D eigenvalue weighted by molar-refractivity contribution is 8.00. The molecule has 2 atom stereocenters. The molecule has 1 aliphatic rings. The minimum absolute atomic E-state index is 0.230. The van der Waals surface area contributed by atoms with Gasteiger partial charge in [-0.05, 0) is 0 Å². The maximum Gasteiger partial charge on any atom is 0.254 e. The second kappa shape index (κ2) is 5.05. The standard InChI is InChI=1S/C9H13ClN2O2S3/c1-6-4-12(5-7(2)15-6)17(13,14)8-3-11-9(10)16-8/h3,6-7H,4-5H2,1-2H3. The predicted octanol–water partition coefficient (Wildman–Crippen LogP) is 2.31. The molecule has 1 fully saturated rings. The van der Waals surface area contributed by atoms with Crippen LogP contribution in [0.25, 0.3) is 0 Å². The molecule has 17 heavy (non-hydrogen) atoms. The number of rotatable bonds is 2. The third kappa shape index (κ3) is 2.96. The summed E-state index contributed by atoms with van der Waals surface area (Å²) in [5.41, 5.74) is 0. The molecule has 0 aliphatic carbocycles. The van der Waals surface area contributed by atoms with E-state index < -0.39 is 10.0 Å². The van der Waals surface area contributed by atoms with Crippen molar-refractivity contribution in [1.82, 2.24) is 9.29 Å². The van der Waals surface area contributed by atoms with Crippen LogP contribution in [0, 0.1) is 0 Å². The first-order chi connectivity index (χ1) is 7.89. The van der Waals surface area contributed by atoms with Gasteiger partial charge in [0.1, 0.15) is 0 Å². The Morgan fingerprint density at radius 1 is 1.41 bits per heavy atom. The first kappa shape index (κ1) is 13.6. The zero-order valence-electron chi connectivity index (χ0n) is 9.46. The van der Waals surface area contributed by atoms with Crippen LogP contribution in [0.4, 0.5) is 0 Å². The molecule has 1 aliphatic heterocycles. The second-order valence-electron chi connectivity index (χ2n) is 4.01. The number of hydrogen-bond donors (Lipinski definition) is 0. The minimum atomic E-state index is -3.42. The highest BCUT2D eigenvalue weighted by atomic mass is 35.5. The van der Waals surface area contributed by atoms with Crippen LogP contribution in [-0.2, 0) is 10.0 Å². The molecule has 8 heteroatoms. The van der Waals surface area contributed by atoms with Crippen molar-refractivity contribution in [2.45, 2.75) is 28.6 Å². The normalized spacial score (nSPS) is 27.2. The van der Waals surface area contributed by atoms with Crippen LogP contribution < -0.4 is 0 Å². The topological polar surface area (TPSA) is 50.3 Å². The molecule has 0 N–H and O–H groups in total. The van der Waals surface area contributed by atoms with Gasteiger partial charge in [-0.2, -0.15) is 16.1 Å². The second-order valence-corrected chi connectivity index (χ2v) is 9.67. The number of sulfonamides is 1. The maximum absolute atomic E-state index is 12.3. The summed E-state index contributed by atoms with van der Waals surface area (Å²) in [6.45, 7) is 5.19. The lowest BCUT2D eigenvalue weighted by molar-refractivity contribution is 0.406. The smallest absolute Gasteiger partial charge is 0.232 e. The van der Waals surface area contributed by atoms with Gasteiger partial charge in [-0.15, -0.1) is 0 Å². The lowest BCUT2D eigenvalue weighted by atomic mass is 10.4. The summed E-state index contributed by atoms with van der Waals surface area (Å²) in [6.07, 6.45) is 1.33. The van der Waals surface area contributed by atoms with E-state index >= 15 is 0 Å². The van der Waals surface area contributed by atoms with Crippen LogP contribution in [0.1, 0.15) is 13.8 Å². The first-order valence-electron chi connectivity index (χ1n) is 5.16. The lowest BCUT2D eigenvalue weighted by Gasteiger charge is -2.33. The van der Waals surface area contributed by atoms with Crippen LogP contribution >= 0.6 is 34.7 Å². The van der Waals surface area contributed by atoms with Crippen molar-refractivity contribution in [3.63, 3.8) is 0 Å². The van der Waals surface area contributed by atoms with Crippen molar-refractivity contribution in [3.05, 3.63) is 10.7 Å². The molecule has 1 aromatic rings. The van der Waals surface area contributed by atoms with E-state index in [0.29, 0.717) is 23.6 Å². The van der Waals surface area contributed by atoms with E-state index in [4.69, 9.17) is 11.6 Å². The Labute approximate surface area is 114 Å². The van der Waals surface area contributed by atoms with Gasteiger partial charge in [0.05, 0.1) is 6.20 Å². The number of thiazole rings is 1. The average Bonchev–Trinajstić information content (AvgIpc) is 2.64. The van der Waals surface area contributed by atoms with Gasteiger partial charge < -0.3 is 0 Å². The molecular weight excluding hydrogens is 300 g/mol. The van der Waals surface area contributed by atoms with E-state index in [1.54, 1.807) is 0 Å². The molecule has 0 bridgehead atoms. The van der Waals surface area contributed by atoms with Crippen LogP contribution in [0.5, 0.6) is 0 Å². The van der Waals surface area contributed by atoms with Crippen LogP contribution in [0.3, 0.4) is 0 Å². The molecule has 2 rings (SSSR count). The van der Waals surface area contributed by atoms with Gasteiger partial charge in [0.15, 0.2) is 8.68 Å². The molecule has 0 saturated carbocycles. The molecule has 1 saturated heterocycles. The van der Waals surface area contributed by atoms with Gasteiger partial charge in [0.2, 0.25) is 0 Å². The van der Waals surface area contributed by atoms with E-state index in [9.17, 15) is 8.42 Å². The molecule has 0 aromatic carbocycles. The largest absolute Gasteiger partial charge is 0.254 e. The molecular formula is C9H13ClN2O2S3. The van der Waals surface area contributed by atoms with Crippen molar-refractivity contribution in [3.8, 4) is 0 Å². The van der Waals surface area contributed by atoms with Crippen molar-refractivity contribution in [1.29, 1.82) is 0 Å². The van der Waals surface area contributed by atoms with Crippen molar-refractivity contribution in [2.75, 3.05) is 13.1 Å². The van der Waals surface area contributed by atoms with Gasteiger partial charge in [-0.3, -0.25) is 0 Å². The zero-order chi connectivity index (χ0) is 12.6. The zero-order valence-corrected chi connectivity index (χ0v) is 12.7. The number of aromatic nitrogens is 1.